The van der Waals surface area contributed by atoms with Crippen LogP contribution < -0.4 is 11.5 Å². The lowest BCUT2D eigenvalue weighted by atomic mass is 9.56. The van der Waals surface area contributed by atoms with Crippen molar-refractivity contribution in [3.8, 4) is 11.8 Å². The fourth-order valence-electron chi connectivity index (χ4n) is 4.14. The van der Waals surface area contributed by atoms with Crippen molar-refractivity contribution < 1.29 is 9.53 Å². The summed E-state index contributed by atoms with van der Waals surface area (Å²) in [5.74, 6) is 7.02. The average Bonchev–Trinajstić information content (AvgIpc) is 2.57. The van der Waals surface area contributed by atoms with Gasteiger partial charge in [0.15, 0.2) is 0 Å². The van der Waals surface area contributed by atoms with Gasteiger partial charge in [0.05, 0.1) is 11.8 Å². The number of esters is 1. The third kappa shape index (κ3) is 3.46. The second-order valence-corrected chi connectivity index (χ2v) is 6.98. The van der Waals surface area contributed by atoms with Gasteiger partial charge in [-0.15, -0.1) is 0 Å². The second-order valence-electron chi connectivity index (χ2n) is 6.98. The molecular formula is C19H24N4O2. The molecule has 0 aliphatic heterocycles. The van der Waals surface area contributed by atoms with Crippen LogP contribution in [0.1, 0.15) is 51.5 Å². The van der Waals surface area contributed by atoms with Crippen molar-refractivity contribution in [1.82, 2.24) is 9.97 Å². The number of allylic oxidation sites excluding steroid dienone is 2. The van der Waals surface area contributed by atoms with Gasteiger partial charge in [0.25, 0.3) is 0 Å². The van der Waals surface area contributed by atoms with Crippen LogP contribution in [0, 0.1) is 23.2 Å². The van der Waals surface area contributed by atoms with Gasteiger partial charge in [-0.2, -0.15) is 4.98 Å². The molecule has 0 saturated heterocycles. The third-order valence-electron chi connectivity index (χ3n) is 5.43. The summed E-state index contributed by atoms with van der Waals surface area (Å²) in [6, 6.07) is 0. The number of rotatable bonds is 2. The number of nitrogen functional groups attached to an aromatic ring is 2. The largest absolute Gasteiger partial charge is 0.462 e. The van der Waals surface area contributed by atoms with Gasteiger partial charge in [-0.05, 0) is 38.5 Å². The Morgan fingerprint density at radius 3 is 3.00 bits per heavy atom. The molecule has 4 rings (SSSR count). The quantitative estimate of drug-likeness (QED) is 0.487. The summed E-state index contributed by atoms with van der Waals surface area (Å²) in [7, 11) is 0. The highest BCUT2D eigenvalue weighted by atomic mass is 16.5. The van der Waals surface area contributed by atoms with Gasteiger partial charge in [-0.25, -0.2) is 4.98 Å². The van der Waals surface area contributed by atoms with Crippen LogP contribution in [0.5, 0.6) is 0 Å². The minimum Gasteiger partial charge on any atom is -0.462 e. The molecule has 6 heteroatoms. The Bertz CT molecular complexity index is 777. The van der Waals surface area contributed by atoms with Gasteiger partial charge < -0.3 is 16.2 Å². The Morgan fingerprint density at radius 2 is 2.32 bits per heavy atom. The number of ether oxygens (including phenoxy) is 1. The first kappa shape index (κ1) is 17.3. The number of aromatic nitrogens is 2. The standard InChI is InChI=1S/C19H24N4O2/c1-3-13-10-19(8-6-14(13)9-16(19)25-12(2)24)7-4-5-15-11-22-18(21)23-17(15)20/h3,11,14,16H,6-10H2,1-2H3,(H4,20,21,22,23)/b13-3+. The number of anilines is 2. The minimum absolute atomic E-state index is 0.0678. The van der Waals surface area contributed by atoms with Crippen LogP contribution in [-0.4, -0.2) is 22.0 Å². The van der Waals surface area contributed by atoms with Crippen molar-refractivity contribution >= 4 is 17.7 Å². The normalized spacial score (nSPS) is 29.1. The van der Waals surface area contributed by atoms with E-state index in [0.29, 0.717) is 17.9 Å². The van der Waals surface area contributed by atoms with Gasteiger partial charge in [-0.1, -0.05) is 23.5 Å². The Balaban J connectivity index is 1.84. The molecule has 0 aromatic carbocycles. The molecule has 3 fully saturated rings. The van der Waals surface area contributed by atoms with E-state index in [4.69, 9.17) is 16.2 Å². The number of carbonyl (C=O) groups is 1. The monoisotopic (exact) mass is 340 g/mol. The van der Waals surface area contributed by atoms with E-state index >= 15 is 0 Å². The molecular weight excluding hydrogens is 316 g/mol. The number of hydrogen-bond acceptors (Lipinski definition) is 6. The summed E-state index contributed by atoms with van der Waals surface area (Å²) < 4.78 is 5.66. The Labute approximate surface area is 148 Å². The van der Waals surface area contributed by atoms with Crippen LogP contribution in [0.25, 0.3) is 0 Å². The smallest absolute Gasteiger partial charge is 0.302 e. The van der Waals surface area contributed by atoms with Gasteiger partial charge in [0.1, 0.15) is 11.9 Å². The first-order chi connectivity index (χ1) is 11.9. The Hall–Kier alpha value is -2.55. The van der Waals surface area contributed by atoms with Crippen LogP contribution in [0.15, 0.2) is 17.8 Å². The van der Waals surface area contributed by atoms with Crippen LogP contribution in [-0.2, 0) is 9.53 Å². The molecule has 3 atom stereocenters. The summed E-state index contributed by atoms with van der Waals surface area (Å²) in [4.78, 5) is 19.4. The summed E-state index contributed by atoms with van der Waals surface area (Å²) >= 11 is 0. The molecule has 6 nitrogen and oxygen atoms in total. The van der Waals surface area contributed by atoms with E-state index in [1.165, 1.54) is 12.5 Å². The lowest BCUT2D eigenvalue weighted by Gasteiger charge is -2.52. The minimum atomic E-state index is -0.219. The molecule has 1 aromatic rings. The number of nitrogens with two attached hydrogens (primary N) is 2. The highest BCUT2D eigenvalue weighted by molar-refractivity contribution is 5.66. The van der Waals surface area contributed by atoms with Crippen molar-refractivity contribution in [1.29, 1.82) is 0 Å². The van der Waals surface area contributed by atoms with Gasteiger partial charge in [0.2, 0.25) is 5.95 Å². The number of hydrogen-bond donors (Lipinski definition) is 2. The van der Waals surface area contributed by atoms with Gasteiger partial charge in [0, 0.05) is 18.8 Å². The molecule has 3 unspecified atom stereocenters. The van der Waals surface area contributed by atoms with Crippen molar-refractivity contribution in [3.63, 3.8) is 0 Å². The lowest BCUT2D eigenvalue weighted by Crippen LogP contribution is -2.48. The van der Waals surface area contributed by atoms with Crippen LogP contribution in [0.3, 0.4) is 0 Å². The first-order valence-corrected chi connectivity index (χ1v) is 8.62. The van der Waals surface area contributed by atoms with Gasteiger partial charge in [-0.3, -0.25) is 4.79 Å². The fraction of sp³-hybridized carbons (Fsp3) is 0.526. The molecule has 0 radical (unpaired) electrons. The molecule has 1 heterocycles. The van der Waals surface area contributed by atoms with Gasteiger partial charge >= 0.3 is 5.97 Å². The highest BCUT2D eigenvalue weighted by Gasteiger charge is 2.50. The summed E-state index contributed by atoms with van der Waals surface area (Å²) in [5.41, 5.74) is 13.3. The maximum Gasteiger partial charge on any atom is 0.302 e. The SMILES string of the molecule is C/C=C1\CC2(CC#Cc3cnc(N)nc3N)CCC1CC2OC(C)=O. The zero-order valence-electron chi connectivity index (χ0n) is 14.7. The molecule has 132 valence electrons. The topological polar surface area (TPSA) is 104 Å². The average molecular weight is 340 g/mol. The first-order valence-electron chi connectivity index (χ1n) is 8.62. The molecule has 3 aliphatic carbocycles. The molecule has 4 N–H and O–H groups in total. The van der Waals surface area contributed by atoms with Crippen LogP contribution in [0.4, 0.5) is 11.8 Å². The van der Waals surface area contributed by atoms with E-state index in [2.05, 4.69) is 34.8 Å². The maximum absolute atomic E-state index is 11.5. The molecule has 2 bridgehead atoms. The second kappa shape index (κ2) is 6.75. The van der Waals surface area contributed by atoms with Crippen LogP contribution in [0.2, 0.25) is 0 Å². The molecule has 0 amide bonds. The van der Waals surface area contributed by atoms with Crippen molar-refractivity contribution in [2.45, 2.75) is 52.1 Å². The summed E-state index contributed by atoms with van der Waals surface area (Å²) in [6.07, 6.45) is 8.33. The molecule has 3 aliphatic rings. The predicted molar refractivity (Wildman–Crippen MR) is 96.1 cm³/mol. The summed E-state index contributed by atoms with van der Waals surface area (Å²) in [6.45, 7) is 3.56. The maximum atomic E-state index is 11.5. The molecule has 25 heavy (non-hydrogen) atoms. The van der Waals surface area contributed by atoms with E-state index in [1.807, 2.05) is 0 Å². The van der Waals surface area contributed by atoms with E-state index < -0.39 is 0 Å². The molecule has 0 spiro atoms. The third-order valence-corrected chi connectivity index (χ3v) is 5.43. The number of nitrogens with zero attached hydrogens (tertiary/aromatic N) is 2. The summed E-state index contributed by atoms with van der Waals surface area (Å²) in [5, 5.41) is 0. The van der Waals surface area contributed by atoms with Crippen LogP contribution >= 0.6 is 0 Å². The zero-order valence-corrected chi connectivity index (χ0v) is 14.7. The number of carbonyl (C=O) groups excluding carboxylic acids is 1. The molecule has 1 aromatic heterocycles. The van der Waals surface area contributed by atoms with E-state index in [9.17, 15) is 4.79 Å². The van der Waals surface area contributed by atoms with Crippen molar-refractivity contribution in [3.05, 3.63) is 23.4 Å². The van der Waals surface area contributed by atoms with Crippen molar-refractivity contribution in [2.24, 2.45) is 11.3 Å². The van der Waals surface area contributed by atoms with E-state index in [1.54, 1.807) is 6.20 Å². The fourth-order valence-corrected chi connectivity index (χ4v) is 4.14. The van der Waals surface area contributed by atoms with E-state index in [-0.39, 0.29) is 29.3 Å². The Morgan fingerprint density at radius 1 is 1.52 bits per heavy atom. The van der Waals surface area contributed by atoms with Crippen molar-refractivity contribution in [2.75, 3.05) is 11.5 Å². The number of fused-ring (bicyclic) bond motifs is 3. The Kier molecular flexibility index (Phi) is 4.67. The highest BCUT2D eigenvalue weighted by Crippen LogP contribution is 2.55. The van der Waals surface area contributed by atoms with E-state index in [0.717, 1.165) is 25.7 Å². The lowest BCUT2D eigenvalue weighted by molar-refractivity contribution is -0.161. The predicted octanol–water partition coefficient (Wildman–Crippen LogP) is 2.45. The zero-order chi connectivity index (χ0) is 18.0. The molecule has 3 saturated carbocycles.